The first-order chi connectivity index (χ1) is 9.93. The second-order valence-electron chi connectivity index (χ2n) is 5.43. The number of likely N-dealkylation sites (tertiary alicyclic amines) is 1. The maximum atomic E-state index is 12.7. The minimum atomic E-state index is -3.31. The molecule has 1 aliphatic rings. The highest BCUT2D eigenvalue weighted by molar-refractivity contribution is 7.90. The van der Waals surface area contributed by atoms with Gasteiger partial charge in [-0.05, 0) is 43.9 Å². The number of amides is 1. The molecule has 1 saturated heterocycles. The lowest BCUT2D eigenvalue weighted by Gasteiger charge is -2.35. The van der Waals surface area contributed by atoms with E-state index in [2.05, 4.69) is 0 Å². The number of carbonyl (C=O) groups is 1. The van der Waals surface area contributed by atoms with E-state index < -0.39 is 9.84 Å². The van der Waals surface area contributed by atoms with Crippen LogP contribution in [0.15, 0.2) is 29.2 Å². The van der Waals surface area contributed by atoms with Gasteiger partial charge in [0.2, 0.25) is 0 Å². The largest absolute Gasteiger partial charge is 0.336 e. The predicted molar refractivity (Wildman–Crippen MR) is 83.6 cm³/mol. The molecule has 2 rings (SSSR count). The smallest absolute Gasteiger partial charge is 0.254 e. The molecule has 1 amide bonds. The maximum Gasteiger partial charge on any atom is 0.254 e. The van der Waals surface area contributed by atoms with Gasteiger partial charge in [0.1, 0.15) is 0 Å². The topological polar surface area (TPSA) is 54.5 Å². The quantitative estimate of drug-likeness (QED) is 0.798. The number of carbonyl (C=O) groups excluding carboxylic acids is 1. The van der Waals surface area contributed by atoms with Crippen LogP contribution in [-0.2, 0) is 9.84 Å². The van der Waals surface area contributed by atoms with Gasteiger partial charge in [-0.1, -0.05) is 6.07 Å². The molecule has 0 spiro atoms. The molecule has 0 saturated carbocycles. The van der Waals surface area contributed by atoms with Crippen molar-refractivity contribution in [3.05, 3.63) is 29.8 Å². The predicted octanol–water partition coefficient (Wildman–Crippen LogP) is 2.71. The van der Waals surface area contributed by atoms with E-state index in [9.17, 15) is 13.2 Å². The van der Waals surface area contributed by atoms with Crippen LogP contribution in [0, 0.1) is 0 Å². The van der Waals surface area contributed by atoms with Crippen molar-refractivity contribution in [2.75, 3.05) is 18.7 Å². The van der Waals surface area contributed by atoms with Crippen LogP contribution in [-0.4, -0.2) is 43.9 Å². The van der Waals surface area contributed by atoms with Gasteiger partial charge in [-0.25, -0.2) is 8.42 Å². The Morgan fingerprint density at radius 2 is 2.14 bits per heavy atom. The highest BCUT2D eigenvalue weighted by Crippen LogP contribution is 2.23. The first-order valence-electron chi connectivity index (χ1n) is 7.10. The van der Waals surface area contributed by atoms with Gasteiger partial charge in [0.25, 0.3) is 5.91 Å². The van der Waals surface area contributed by atoms with E-state index >= 15 is 0 Å². The number of piperidine rings is 1. The van der Waals surface area contributed by atoms with Crippen LogP contribution in [0.25, 0.3) is 0 Å². The third-order valence-corrected chi connectivity index (χ3v) is 5.17. The number of alkyl halides is 1. The molecule has 1 heterocycles. The standard InChI is InChI=1S/C15H20ClNO3S/c1-21(19,20)14-7-4-5-12(11-14)15(18)17-10-3-2-6-13(17)8-9-16/h4-5,7,11,13H,2-3,6,8-10H2,1H3. The van der Waals surface area contributed by atoms with Crippen LogP contribution in [0.2, 0.25) is 0 Å². The van der Waals surface area contributed by atoms with Crippen LogP contribution >= 0.6 is 11.6 Å². The molecule has 0 N–H and O–H groups in total. The van der Waals surface area contributed by atoms with E-state index in [4.69, 9.17) is 11.6 Å². The highest BCUT2D eigenvalue weighted by Gasteiger charge is 2.27. The average Bonchev–Trinajstić information content (AvgIpc) is 2.47. The molecule has 0 aliphatic carbocycles. The summed E-state index contributed by atoms with van der Waals surface area (Å²) in [6.45, 7) is 0.712. The Morgan fingerprint density at radius 3 is 2.81 bits per heavy atom. The summed E-state index contributed by atoms with van der Waals surface area (Å²) >= 11 is 5.82. The van der Waals surface area contributed by atoms with Crippen LogP contribution in [0.5, 0.6) is 0 Å². The molecule has 0 aromatic heterocycles. The molecule has 1 aromatic rings. The summed E-state index contributed by atoms with van der Waals surface area (Å²) < 4.78 is 23.2. The zero-order valence-electron chi connectivity index (χ0n) is 12.1. The van der Waals surface area contributed by atoms with E-state index in [-0.39, 0.29) is 16.8 Å². The Hall–Kier alpha value is -1.07. The molecule has 4 nitrogen and oxygen atoms in total. The number of benzene rings is 1. The SMILES string of the molecule is CS(=O)(=O)c1cccc(C(=O)N2CCCCC2CCCl)c1. The Balaban J connectivity index is 2.26. The van der Waals surface area contributed by atoms with Crippen LogP contribution < -0.4 is 0 Å². The van der Waals surface area contributed by atoms with Gasteiger partial charge in [0.05, 0.1) is 4.90 Å². The van der Waals surface area contributed by atoms with Gasteiger partial charge < -0.3 is 4.90 Å². The lowest BCUT2D eigenvalue weighted by atomic mass is 9.99. The number of halogens is 1. The van der Waals surface area contributed by atoms with Crippen molar-refractivity contribution in [2.45, 2.75) is 36.6 Å². The van der Waals surface area contributed by atoms with E-state index in [1.54, 1.807) is 12.1 Å². The van der Waals surface area contributed by atoms with Gasteiger partial charge in [-0.2, -0.15) is 0 Å². The van der Waals surface area contributed by atoms with Gasteiger partial charge in [0.15, 0.2) is 9.84 Å². The monoisotopic (exact) mass is 329 g/mol. The van der Waals surface area contributed by atoms with Crippen LogP contribution in [0.4, 0.5) is 0 Å². The van der Waals surface area contributed by atoms with Gasteiger partial charge in [0, 0.05) is 30.3 Å². The van der Waals surface area contributed by atoms with Crippen molar-refractivity contribution in [1.82, 2.24) is 4.90 Å². The zero-order chi connectivity index (χ0) is 15.5. The second-order valence-corrected chi connectivity index (χ2v) is 7.82. The summed E-state index contributed by atoms with van der Waals surface area (Å²) in [5, 5.41) is 0. The summed E-state index contributed by atoms with van der Waals surface area (Å²) in [5.41, 5.74) is 0.430. The fraction of sp³-hybridized carbons (Fsp3) is 0.533. The van der Waals surface area contributed by atoms with E-state index in [0.717, 1.165) is 31.9 Å². The number of hydrogen-bond donors (Lipinski definition) is 0. The van der Waals surface area contributed by atoms with E-state index in [1.165, 1.54) is 12.1 Å². The molecule has 116 valence electrons. The molecule has 1 atom stereocenters. The number of hydrogen-bond acceptors (Lipinski definition) is 3. The first-order valence-corrected chi connectivity index (χ1v) is 9.53. The van der Waals surface area contributed by atoms with Gasteiger partial charge in [-0.15, -0.1) is 11.6 Å². The summed E-state index contributed by atoms with van der Waals surface area (Å²) in [6.07, 6.45) is 4.97. The van der Waals surface area contributed by atoms with Gasteiger partial charge >= 0.3 is 0 Å². The molecule has 1 unspecified atom stereocenters. The number of rotatable bonds is 4. The molecule has 0 radical (unpaired) electrons. The molecule has 1 fully saturated rings. The van der Waals surface area contributed by atoms with Crippen molar-refractivity contribution in [3.63, 3.8) is 0 Å². The van der Waals surface area contributed by atoms with E-state index in [1.807, 2.05) is 4.90 Å². The maximum absolute atomic E-state index is 12.7. The average molecular weight is 330 g/mol. The molecule has 6 heteroatoms. The molecular weight excluding hydrogens is 310 g/mol. The third-order valence-electron chi connectivity index (χ3n) is 3.84. The lowest BCUT2D eigenvalue weighted by molar-refractivity contribution is 0.0609. The van der Waals surface area contributed by atoms with Crippen molar-refractivity contribution >= 4 is 27.3 Å². The molecule has 1 aromatic carbocycles. The molecule has 21 heavy (non-hydrogen) atoms. The molecular formula is C15H20ClNO3S. The third kappa shape index (κ3) is 3.98. The Labute approximate surface area is 131 Å². The normalized spacial score (nSPS) is 19.5. The van der Waals surface area contributed by atoms with Crippen molar-refractivity contribution in [2.24, 2.45) is 0 Å². The summed E-state index contributed by atoms with van der Waals surface area (Å²) in [5.74, 6) is 0.424. The summed E-state index contributed by atoms with van der Waals surface area (Å²) in [7, 11) is -3.31. The Morgan fingerprint density at radius 1 is 1.38 bits per heavy atom. The second kappa shape index (κ2) is 6.79. The molecule has 1 aliphatic heterocycles. The fourth-order valence-electron chi connectivity index (χ4n) is 2.72. The van der Waals surface area contributed by atoms with Crippen LogP contribution in [0.3, 0.4) is 0 Å². The first kappa shape index (κ1) is 16.3. The summed E-state index contributed by atoms with van der Waals surface area (Å²) in [6, 6.07) is 6.42. The number of sulfone groups is 1. The highest BCUT2D eigenvalue weighted by atomic mass is 35.5. The minimum Gasteiger partial charge on any atom is -0.336 e. The van der Waals surface area contributed by atoms with Crippen LogP contribution in [0.1, 0.15) is 36.0 Å². The lowest BCUT2D eigenvalue weighted by Crippen LogP contribution is -2.44. The molecule has 0 bridgehead atoms. The summed E-state index contributed by atoms with van der Waals surface area (Å²) in [4.78, 5) is 14.7. The fourth-order valence-corrected chi connectivity index (χ4v) is 3.64. The number of nitrogens with zero attached hydrogens (tertiary/aromatic N) is 1. The van der Waals surface area contributed by atoms with Crippen molar-refractivity contribution in [3.8, 4) is 0 Å². The minimum absolute atomic E-state index is 0.102. The van der Waals surface area contributed by atoms with Crippen molar-refractivity contribution in [1.29, 1.82) is 0 Å². The Kier molecular flexibility index (Phi) is 5.27. The van der Waals surface area contributed by atoms with Gasteiger partial charge in [-0.3, -0.25) is 4.79 Å². The zero-order valence-corrected chi connectivity index (χ0v) is 13.7. The van der Waals surface area contributed by atoms with Crippen molar-refractivity contribution < 1.29 is 13.2 Å². The Bertz CT molecular complexity index is 613. The van der Waals surface area contributed by atoms with E-state index in [0.29, 0.717) is 18.0 Å².